The summed E-state index contributed by atoms with van der Waals surface area (Å²) in [6.07, 6.45) is 1.48. The second-order valence-corrected chi connectivity index (χ2v) is 6.18. The highest BCUT2D eigenvalue weighted by atomic mass is 35.5. The number of nitriles is 1. The minimum atomic E-state index is -0.472. The van der Waals surface area contributed by atoms with Crippen LogP contribution >= 0.6 is 11.6 Å². The van der Waals surface area contributed by atoms with Crippen LogP contribution in [0.2, 0.25) is 5.02 Å². The molecule has 130 valence electrons. The maximum absolute atomic E-state index is 12.4. The van der Waals surface area contributed by atoms with Gasteiger partial charge in [-0.2, -0.15) is 5.26 Å². The Labute approximate surface area is 153 Å². The third-order valence-electron chi connectivity index (χ3n) is 4.35. The van der Waals surface area contributed by atoms with Crippen molar-refractivity contribution in [3.8, 4) is 11.8 Å². The molecule has 0 aromatic heterocycles. The van der Waals surface area contributed by atoms with E-state index in [1.807, 2.05) is 38.1 Å². The SMILES string of the molecule is CCC(CC)(NC(=O)COc1ccccc1C#N)c1ccc(Cl)cc1. The number of nitrogens with one attached hydrogen (secondary N) is 1. The number of ether oxygens (including phenoxy) is 1. The number of nitrogens with zero attached hydrogens (tertiary/aromatic N) is 1. The fourth-order valence-electron chi connectivity index (χ4n) is 2.81. The third kappa shape index (κ3) is 4.52. The molecule has 0 spiro atoms. The molecule has 0 saturated heterocycles. The van der Waals surface area contributed by atoms with Crippen LogP contribution in [0, 0.1) is 11.3 Å². The highest BCUT2D eigenvalue weighted by Gasteiger charge is 2.30. The molecule has 4 nitrogen and oxygen atoms in total. The van der Waals surface area contributed by atoms with Crippen molar-refractivity contribution < 1.29 is 9.53 Å². The molecule has 2 aromatic carbocycles. The highest BCUT2D eigenvalue weighted by molar-refractivity contribution is 6.30. The molecular formula is C20H21ClN2O2. The second kappa shape index (κ2) is 8.55. The van der Waals surface area contributed by atoms with E-state index in [-0.39, 0.29) is 12.5 Å². The molecule has 0 aliphatic rings. The monoisotopic (exact) mass is 356 g/mol. The van der Waals surface area contributed by atoms with E-state index in [1.54, 1.807) is 24.3 Å². The summed E-state index contributed by atoms with van der Waals surface area (Å²) in [5.41, 5.74) is 0.942. The van der Waals surface area contributed by atoms with E-state index >= 15 is 0 Å². The van der Waals surface area contributed by atoms with E-state index in [9.17, 15) is 4.79 Å². The number of amides is 1. The molecule has 0 aliphatic carbocycles. The van der Waals surface area contributed by atoms with Crippen molar-refractivity contribution in [2.24, 2.45) is 0 Å². The molecule has 0 fully saturated rings. The summed E-state index contributed by atoms with van der Waals surface area (Å²) in [4.78, 5) is 12.4. The van der Waals surface area contributed by atoms with Gasteiger partial charge in [0.15, 0.2) is 6.61 Å². The Balaban J connectivity index is 2.10. The van der Waals surface area contributed by atoms with Crippen molar-refractivity contribution in [1.29, 1.82) is 5.26 Å². The Morgan fingerprint density at radius 3 is 2.40 bits per heavy atom. The molecule has 25 heavy (non-hydrogen) atoms. The van der Waals surface area contributed by atoms with Gasteiger partial charge in [0.1, 0.15) is 11.8 Å². The minimum Gasteiger partial charge on any atom is -0.482 e. The van der Waals surface area contributed by atoms with E-state index in [4.69, 9.17) is 21.6 Å². The van der Waals surface area contributed by atoms with Gasteiger partial charge in [-0.25, -0.2) is 0 Å². The number of benzene rings is 2. The highest BCUT2D eigenvalue weighted by Crippen LogP contribution is 2.29. The molecule has 2 rings (SSSR count). The molecule has 0 saturated carbocycles. The predicted molar refractivity (Wildman–Crippen MR) is 98.5 cm³/mol. The van der Waals surface area contributed by atoms with Crippen LogP contribution < -0.4 is 10.1 Å². The summed E-state index contributed by atoms with van der Waals surface area (Å²) in [7, 11) is 0. The van der Waals surface area contributed by atoms with Gasteiger partial charge in [0.2, 0.25) is 0 Å². The molecule has 1 amide bonds. The van der Waals surface area contributed by atoms with Crippen LogP contribution in [0.5, 0.6) is 5.75 Å². The first kappa shape index (κ1) is 18.8. The first-order valence-corrected chi connectivity index (χ1v) is 8.61. The first-order valence-electron chi connectivity index (χ1n) is 8.23. The second-order valence-electron chi connectivity index (χ2n) is 5.74. The Bertz CT molecular complexity index is 762. The average Bonchev–Trinajstić information content (AvgIpc) is 2.65. The molecule has 0 aliphatic heterocycles. The summed E-state index contributed by atoms with van der Waals surface area (Å²) in [6.45, 7) is 3.92. The van der Waals surface area contributed by atoms with Crippen molar-refractivity contribution in [2.75, 3.05) is 6.61 Å². The Morgan fingerprint density at radius 2 is 1.80 bits per heavy atom. The predicted octanol–water partition coefficient (Wildman–Crippen LogP) is 4.42. The topological polar surface area (TPSA) is 62.1 Å². The molecule has 5 heteroatoms. The largest absolute Gasteiger partial charge is 0.482 e. The van der Waals surface area contributed by atoms with E-state index in [2.05, 4.69) is 11.4 Å². The van der Waals surface area contributed by atoms with Gasteiger partial charge in [-0.05, 0) is 42.7 Å². The van der Waals surface area contributed by atoms with Crippen molar-refractivity contribution in [3.05, 3.63) is 64.7 Å². The Morgan fingerprint density at radius 1 is 1.16 bits per heavy atom. The van der Waals surface area contributed by atoms with Gasteiger partial charge in [0.25, 0.3) is 5.91 Å². The van der Waals surface area contributed by atoms with Gasteiger partial charge in [0, 0.05) is 5.02 Å². The van der Waals surface area contributed by atoms with Gasteiger partial charge in [-0.1, -0.05) is 49.7 Å². The molecule has 0 bridgehead atoms. The smallest absolute Gasteiger partial charge is 0.258 e. The molecule has 0 radical (unpaired) electrons. The van der Waals surface area contributed by atoms with Crippen LogP contribution in [-0.4, -0.2) is 12.5 Å². The zero-order valence-electron chi connectivity index (χ0n) is 14.4. The van der Waals surface area contributed by atoms with Gasteiger partial charge < -0.3 is 10.1 Å². The number of rotatable bonds is 7. The van der Waals surface area contributed by atoms with Crippen LogP contribution in [0.25, 0.3) is 0 Å². The van der Waals surface area contributed by atoms with E-state index in [0.717, 1.165) is 18.4 Å². The summed E-state index contributed by atoms with van der Waals surface area (Å²) >= 11 is 5.97. The maximum atomic E-state index is 12.4. The standard InChI is InChI=1S/C20H21ClN2O2/c1-3-20(4-2,16-9-11-17(21)12-10-16)23-19(24)14-25-18-8-6-5-7-15(18)13-22/h5-12H,3-4,14H2,1-2H3,(H,23,24). The van der Waals surface area contributed by atoms with Gasteiger partial charge >= 0.3 is 0 Å². The third-order valence-corrected chi connectivity index (χ3v) is 4.60. The molecule has 0 atom stereocenters. The van der Waals surface area contributed by atoms with Crippen LogP contribution in [-0.2, 0) is 10.3 Å². The lowest BCUT2D eigenvalue weighted by atomic mass is 9.84. The van der Waals surface area contributed by atoms with Gasteiger partial charge in [-0.3, -0.25) is 4.79 Å². The minimum absolute atomic E-state index is 0.145. The van der Waals surface area contributed by atoms with Gasteiger partial charge in [0.05, 0.1) is 11.1 Å². The van der Waals surface area contributed by atoms with Crippen molar-refractivity contribution in [2.45, 2.75) is 32.2 Å². The maximum Gasteiger partial charge on any atom is 0.258 e. The Kier molecular flexibility index (Phi) is 6.44. The summed E-state index contributed by atoms with van der Waals surface area (Å²) in [6, 6.07) is 16.4. The molecule has 2 aromatic rings. The number of carbonyl (C=O) groups excluding carboxylic acids is 1. The molecular weight excluding hydrogens is 336 g/mol. The van der Waals surface area contributed by atoms with Gasteiger partial charge in [-0.15, -0.1) is 0 Å². The lowest BCUT2D eigenvalue weighted by Gasteiger charge is -2.33. The normalized spacial score (nSPS) is 10.8. The number of hydrogen-bond acceptors (Lipinski definition) is 3. The van der Waals surface area contributed by atoms with Crippen molar-refractivity contribution in [3.63, 3.8) is 0 Å². The van der Waals surface area contributed by atoms with E-state index < -0.39 is 5.54 Å². The number of carbonyl (C=O) groups is 1. The average molecular weight is 357 g/mol. The van der Waals surface area contributed by atoms with E-state index in [0.29, 0.717) is 16.3 Å². The zero-order chi connectivity index (χ0) is 18.3. The first-order chi connectivity index (χ1) is 12.0. The van der Waals surface area contributed by atoms with Crippen LogP contribution in [0.4, 0.5) is 0 Å². The quantitative estimate of drug-likeness (QED) is 0.798. The zero-order valence-corrected chi connectivity index (χ0v) is 15.1. The summed E-state index contributed by atoms with van der Waals surface area (Å²) in [5, 5.41) is 12.8. The van der Waals surface area contributed by atoms with Crippen LogP contribution in [0.1, 0.15) is 37.8 Å². The Hall–Kier alpha value is -2.51. The fourth-order valence-corrected chi connectivity index (χ4v) is 2.93. The molecule has 0 heterocycles. The lowest BCUT2D eigenvalue weighted by Crippen LogP contribution is -2.46. The van der Waals surface area contributed by atoms with E-state index in [1.165, 1.54) is 0 Å². The van der Waals surface area contributed by atoms with Crippen molar-refractivity contribution in [1.82, 2.24) is 5.32 Å². The number of halogens is 1. The lowest BCUT2D eigenvalue weighted by molar-refractivity contribution is -0.125. The van der Waals surface area contributed by atoms with Crippen LogP contribution in [0.3, 0.4) is 0 Å². The summed E-state index contributed by atoms with van der Waals surface area (Å²) in [5.74, 6) is 0.177. The fraction of sp³-hybridized carbons (Fsp3) is 0.300. The molecule has 1 N–H and O–H groups in total. The number of hydrogen-bond donors (Lipinski definition) is 1. The molecule has 0 unspecified atom stereocenters. The van der Waals surface area contributed by atoms with Crippen LogP contribution in [0.15, 0.2) is 48.5 Å². The van der Waals surface area contributed by atoms with Crippen molar-refractivity contribution >= 4 is 17.5 Å². The summed E-state index contributed by atoms with van der Waals surface area (Å²) < 4.78 is 5.52. The number of para-hydroxylation sites is 1.